The number of hydrogen-bond acceptors (Lipinski definition) is 2. The van der Waals surface area contributed by atoms with Crippen LogP contribution in [0.1, 0.15) is 11.1 Å². The van der Waals surface area contributed by atoms with Gasteiger partial charge in [-0.05, 0) is 29.7 Å². The number of fused-ring (bicyclic) bond motifs is 1. The molecule has 78 valence electrons. The number of ether oxygens (including phenoxy) is 2. The lowest BCUT2D eigenvalue weighted by atomic mass is 9.89. The molecule has 0 N–H and O–H groups in total. The molecule has 0 unspecified atom stereocenters. The minimum atomic E-state index is 0.602. The van der Waals surface area contributed by atoms with Gasteiger partial charge in [0.05, 0.1) is 14.2 Å². The van der Waals surface area contributed by atoms with Gasteiger partial charge in [-0.3, -0.25) is 0 Å². The highest BCUT2D eigenvalue weighted by molar-refractivity contribution is 6.59. The SMILES string of the molecule is COC(=C[Si]c1cccc2c1CC2)OC. The summed E-state index contributed by atoms with van der Waals surface area (Å²) in [5.74, 6) is 0.602. The van der Waals surface area contributed by atoms with Crippen LogP contribution in [0.25, 0.3) is 0 Å². The van der Waals surface area contributed by atoms with Gasteiger partial charge in [0.15, 0.2) is 0 Å². The fraction of sp³-hybridized carbons (Fsp3) is 0.333. The summed E-state index contributed by atoms with van der Waals surface area (Å²) in [4.78, 5) is 0. The van der Waals surface area contributed by atoms with Crippen LogP contribution in [0.5, 0.6) is 0 Å². The van der Waals surface area contributed by atoms with Crippen molar-refractivity contribution in [2.45, 2.75) is 12.8 Å². The summed E-state index contributed by atoms with van der Waals surface area (Å²) < 4.78 is 10.1. The first kappa shape index (κ1) is 10.3. The Bertz CT molecular complexity index is 379. The largest absolute Gasteiger partial charge is 0.469 e. The molecule has 0 atom stereocenters. The lowest BCUT2D eigenvalue weighted by Gasteiger charge is -2.21. The average Bonchev–Trinajstić information content (AvgIpc) is 2.22. The predicted molar refractivity (Wildman–Crippen MR) is 61.3 cm³/mol. The summed E-state index contributed by atoms with van der Waals surface area (Å²) in [6.45, 7) is 0. The highest BCUT2D eigenvalue weighted by atomic mass is 28.2. The van der Waals surface area contributed by atoms with E-state index in [-0.39, 0.29) is 0 Å². The van der Waals surface area contributed by atoms with Crippen molar-refractivity contribution in [2.75, 3.05) is 14.2 Å². The van der Waals surface area contributed by atoms with E-state index < -0.39 is 0 Å². The van der Waals surface area contributed by atoms with Crippen LogP contribution >= 0.6 is 0 Å². The zero-order chi connectivity index (χ0) is 10.7. The van der Waals surface area contributed by atoms with Crippen molar-refractivity contribution in [3.8, 4) is 0 Å². The third-order valence-electron chi connectivity index (χ3n) is 2.67. The number of rotatable bonds is 4. The second-order valence-corrected chi connectivity index (χ2v) is 4.58. The molecule has 0 fully saturated rings. The Morgan fingerprint density at radius 1 is 1.27 bits per heavy atom. The molecular weight excluding hydrogens is 204 g/mol. The van der Waals surface area contributed by atoms with Crippen LogP contribution in [0, 0.1) is 0 Å². The summed E-state index contributed by atoms with van der Waals surface area (Å²) in [5.41, 5.74) is 5.04. The molecule has 1 aromatic rings. The number of hydrogen-bond donors (Lipinski definition) is 0. The Morgan fingerprint density at radius 2 is 2.07 bits per heavy atom. The van der Waals surface area contributed by atoms with Crippen molar-refractivity contribution < 1.29 is 9.47 Å². The number of benzene rings is 1. The van der Waals surface area contributed by atoms with Gasteiger partial charge in [-0.15, -0.1) is 0 Å². The van der Waals surface area contributed by atoms with E-state index in [1.165, 1.54) is 29.2 Å². The molecule has 0 spiro atoms. The van der Waals surface area contributed by atoms with Gasteiger partial charge in [-0.25, -0.2) is 0 Å². The molecule has 0 heterocycles. The summed E-state index contributed by atoms with van der Waals surface area (Å²) in [7, 11) is 3.89. The second-order valence-electron chi connectivity index (χ2n) is 3.46. The molecule has 1 aromatic carbocycles. The summed E-state index contributed by atoms with van der Waals surface area (Å²) in [6, 6.07) is 6.54. The molecule has 0 saturated carbocycles. The fourth-order valence-electron chi connectivity index (χ4n) is 1.72. The maximum absolute atomic E-state index is 5.06. The second kappa shape index (κ2) is 4.53. The molecule has 1 aliphatic carbocycles. The minimum Gasteiger partial charge on any atom is -0.469 e. The molecule has 0 saturated heterocycles. The van der Waals surface area contributed by atoms with Crippen molar-refractivity contribution in [3.05, 3.63) is 41.0 Å². The minimum absolute atomic E-state index is 0.602. The topological polar surface area (TPSA) is 18.5 Å². The van der Waals surface area contributed by atoms with Crippen molar-refractivity contribution in [3.63, 3.8) is 0 Å². The van der Waals surface area contributed by atoms with Crippen LogP contribution in [0.3, 0.4) is 0 Å². The molecule has 0 aromatic heterocycles. The van der Waals surface area contributed by atoms with Gasteiger partial charge in [-0.1, -0.05) is 23.4 Å². The van der Waals surface area contributed by atoms with Crippen LogP contribution in [0.4, 0.5) is 0 Å². The normalized spacial score (nSPS) is 12.4. The number of aryl methyl sites for hydroxylation is 1. The number of methoxy groups -OCH3 is 2. The van der Waals surface area contributed by atoms with E-state index in [2.05, 4.69) is 18.2 Å². The summed E-state index contributed by atoms with van der Waals surface area (Å²) in [6.07, 6.45) is 2.46. The van der Waals surface area contributed by atoms with E-state index in [1.54, 1.807) is 14.2 Å². The first-order chi connectivity index (χ1) is 7.35. The van der Waals surface area contributed by atoms with Gasteiger partial charge in [-0.2, -0.15) is 0 Å². The molecule has 15 heavy (non-hydrogen) atoms. The summed E-state index contributed by atoms with van der Waals surface area (Å²) >= 11 is 0. The molecule has 0 bridgehead atoms. The van der Waals surface area contributed by atoms with Gasteiger partial charge in [0.1, 0.15) is 9.52 Å². The van der Waals surface area contributed by atoms with E-state index in [1.807, 2.05) is 5.70 Å². The Hall–Kier alpha value is -1.22. The molecule has 2 rings (SSSR count). The molecule has 2 radical (unpaired) electrons. The average molecular weight is 218 g/mol. The Labute approximate surface area is 92.7 Å². The van der Waals surface area contributed by atoms with E-state index >= 15 is 0 Å². The van der Waals surface area contributed by atoms with Gasteiger partial charge in [0.25, 0.3) is 5.95 Å². The third kappa shape index (κ3) is 2.07. The highest BCUT2D eigenvalue weighted by Gasteiger charge is 2.15. The monoisotopic (exact) mass is 218 g/mol. The maximum atomic E-state index is 5.06. The molecule has 3 heteroatoms. The van der Waals surface area contributed by atoms with Crippen LogP contribution < -0.4 is 5.19 Å². The van der Waals surface area contributed by atoms with Crippen LogP contribution in [0.2, 0.25) is 0 Å². The zero-order valence-corrected chi connectivity index (χ0v) is 10.0. The lowest BCUT2D eigenvalue weighted by Crippen LogP contribution is -2.26. The third-order valence-corrected chi connectivity index (χ3v) is 3.82. The molecular formula is C12H14O2Si. The quantitative estimate of drug-likeness (QED) is 0.558. The van der Waals surface area contributed by atoms with Gasteiger partial charge in [0.2, 0.25) is 0 Å². The van der Waals surface area contributed by atoms with E-state index in [4.69, 9.17) is 9.47 Å². The van der Waals surface area contributed by atoms with Crippen molar-refractivity contribution >= 4 is 14.7 Å². The standard InChI is InChI=1S/C12H14O2Si/c1-13-12(14-2)8-15-11-5-3-4-9-6-7-10(9)11/h3-5,8H,6-7H2,1-2H3. The van der Waals surface area contributed by atoms with Crippen LogP contribution in [0.15, 0.2) is 29.8 Å². The van der Waals surface area contributed by atoms with Gasteiger partial charge >= 0.3 is 0 Å². The lowest BCUT2D eigenvalue weighted by molar-refractivity contribution is 0.0964. The first-order valence-electron chi connectivity index (χ1n) is 5.00. The van der Waals surface area contributed by atoms with Crippen molar-refractivity contribution in [1.29, 1.82) is 0 Å². The molecule has 2 nitrogen and oxygen atoms in total. The van der Waals surface area contributed by atoms with Gasteiger partial charge < -0.3 is 9.47 Å². The smallest absolute Gasteiger partial charge is 0.270 e. The Kier molecular flexibility index (Phi) is 3.11. The van der Waals surface area contributed by atoms with Gasteiger partial charge in [0, 0.05) is 0 Å². The van der Waals surface area contributed by atoms with E-state index in [0.29, 0.717) is 15.5 Å². The molecule has 0 amide bonds. The van der Waals surface area contributed by atoms with E-state index in [0.717, 1.165) is 0 Å². The summed E-state index contributed by atoms with van der Waals surface area (Å²) in [5, 5.41) is 1.42. The predicted octanol–water partition coefficient (Wildman–Crippen LogP) is 1.21. The molecule has 1 aliphatic rings. The fourth-order valence-corrected chi connectivity index (χ4v) is 2.88. The zero-order valence-electron chi connectivity index (χ0n) is 9.04. The highest BCUT2D eigenvalue weighted by Crippen LogP contribution is 2.19. The van der Waals surface area contributed by atoms with Crippen LogP contribution in [-0.2, 0) is 22.3 Å². The Morgan fingerprint density at radius 3 is 2.67 bits per heavy atom. The van der Waals surface area contributed by atoms with Crippen molar-refractivity contribution in [2.24, 2.45) is 0 Å². The Balaban J connectivity index is 2.11. The maximum Gasteiger partial charge on any atom is 0.270 e. The first-order valence-corrected chi connectivity index (χ1v) is 6.08. The van der Waals surface area contributed by atoms with E-state index in [9.17, 15) is 0 Å². The van der Waals surface area contributed by atoms with Crippen molar-refractivity contribution in [1.82, 2.24) is 0 Å². The van der Waals surface area contributed by atoms with Crippen LogP contribution in [-0.4, -0.2) is 23.7 Å². The molecule has 0 aliphatic heterocycles.